The maximum atomic E-state index is 12.2. The van der Waals surface area contributed by atoms with Crippen LogP contribution in [-0.2, 0) is 19.1 Å². The standard InChI is InChI=1S/C20H24O8/c1-11(7-14(21)12-4-6-26-9-12)16(17(22)23)15-8-19-10-27-18(24)13(19)3-2-5-20(19,25)28-15/h4,6,9,13-15,21,25H,2-3,5,7-8,10H2,1H3,(H,22,23)/b16-11-/t13-,14+,15-,19+,20+/m1/s1. The fourth-order valence-corrected chi connectivity index (χ4v) is 5.08. The van der Waals surface area contributed by atoms with E-state index in [1.54, 1.807) is 13.0 Å². The summed E-state index contributed by atoms with van der Waals surface area (Å²) in [5.41, 5.74) is 0.0959. The van der Waals surface area contributed by atoms with Crippen LogP contribution in [0.5, 0.6) is 0 Å². The Kier molecular flexibility index (Phi) is 4.60. The van der Waals surface area contributed by atoms with Crippen LogP contribution in [-0.4, -0.2) is 45.8 Å². The van der Waals surface area contributed by atoms with Crippen LogP contribution in [0.25, 0.3) is 0 Å². The van der Waals surface area contributed by atoms with Crippen LogP contribution in [0.3, 0.4) is 0 Å². The van der Waals surface area contributed by atoms with Crippen LogP contribution < -0.4 is 0 Å². The molecule has 1 aromatic rings. The molecule has 1 saturated carbocycles. The summed E-state index contributed by atoms with van der Waals surface area (Å²) >= 11 is 0. The maximum Gasteiger partial charge on any atom is 0.334 e. The lowest BCUT2D eigenvalue weighted by Gasteiger charge is -2.42. The van der Waals surface area contributed by atoms with Crippen molar-refractivity contribution in [1.82, 2.24) is 0 Å². The zero-order valence-electron chi connectivity index (χ0n) is 15.6. The van der Waals surface area contributed by atoms with E-state index in [2.05, 4.69) is 0 Å². The first-order valence-electron chi connectivity index (χ1n) is 9.47. The molecule has 8 nitrogen and oxygen atoms in total. The fraction of sp³-hybridized carbons (Fsp3) is 0.600. The summed E-state index contributed by atoms with van der Waals surface area (Å²) in [5.74, 6) is -3.59. The van der Waals surface area contributed by atoms with Gasteiger partial charge in [-0.15, -0.1) is 0 Å². The third kappa shape index (κ3) is 2.78. The first-order chi connectivity index (χ1) is 13.3. The lowest BCUT2D eigenvalue weighted by atomic mass is 9.63. The molecular formula is C20H24O8. The van der Waals surface area contributed by atoms with Gasteiger partial charge < -0.3 is 29.2 Å². The number of furan rings is 1. The number of esters is 1. The summed E-state index contributed by atoms with van der Waals surface area (Å²) in [6, 6.07) is 1.62. The molecule has 3 N–H and O–H groups in total. The van der Waals surface area contributed by atoms with Gasteiger partial charge in [-0.3, -0.25) is 4.79 Å². The predicted octanol–water partition coefficient (Wildman–Crippen LogP) is 1.93. The molecule has 5 atom stereocenters. The van der Waals surface area contributed by atoms with Crippen molar-refractivity contribution in [2.75, 3.05) is 6.61 Å². The highest BCUT2D eigenvalue weighted by Crippen LogP contribution is 2.60. The second-order valence-corrected chi connectivity index (χ2v) is 8.08. The van der Waals surface area contributed by atoms with Crippen LogP contribution >= 0.6 is 0 Å². The van der Waals surface area contributed by atoms with E-state index < -0.39 is 35.3 Å². The summed E-state index contributed by atoms with van der Waals surface area (Å²) < 4.78 is 16.1. The summed E-state index contributed by atoms with van der Waals surface area (Å²) in [6.45, 7) is 1.67. The summed E-state index contributed by atoms with van der Waals surface area (Å²) in [5, 5.41) is 31.4. The van der Waals surface area contributed by atoms with Gasteiger partial charge in [-0.2, -0.15) is 0 Å². The fourth-order valence-electron chi connectivity index (χ4n) is 5.08. The minimum atomic E-state index is -1.59. The van der Waals surface area contributed by atoms with Crippen molar-refractivity contribution < 1.29 is 38.8 Å². The van der Waals surface area contributed by atoms with Crippen molar-refractivity contribution in [2.45, 2.75) is 57.0 Å². The van der Waals surface area contributed by atoms with Gasteiger partial charge in [0.05, 0.1) is 41.6 Å². The molecule has 4 rings (SSSR count). The van der Waals surface area contributed by atoms with E-state index in [9.17, 15) is 24.9 Å². The SMILES string of the molecule is C/C(C[C@H](O)c1ccoc1)=C(/C(=O)O)[C@H]1C[C@]23COC(=O)[C@H]2CCC[C@]3(O)O1. The lowest BCUT2D eigenvalue weighted by molar-refractivity contribution is -0.258. The van der Waals surface area contributed by atoms with E-state index in [-0.39, 0.29) is 31.0 Å². The second kappa shape index (κ2) is 6.72. The minimum Gasteiger partial charge on any atom is -0.478 e. The van der Waals surface area contributed by atoms with E-state index in [0.29, 0.717) is 30.4 Å². The molecule has 0 unspecified atom stereocenters. The molecule has 3 heterocycles. The Morgan fingerprint density at radius 1 is 1.43 bits per heavy atom. The van der Waals surface area contributed by atoms with E-state index in [1.807, 2.05) is 0 Å². The first-order valence-corrected chi connectivity index (χ1v) is 9.47. The third-order valence-electron chi connectivity index (χ3n) is 6.54. The molecule has 1 aromatic heterocycles. The second-order valence-electron chi connectivity index (χ2n) is 8.08. The molecular weight excluding hydrogens is 368 g/mol. The van der Waals surface area contributed by atoms with E-state index >= 15 is 0 Å². The number of aliphatic hydroxyl groups excluding tert-OH is 1. The molecule has 0 bridgehead atoms. The molecule has 28 heavy (non-hydrogen) atoms. The van der Waals surface area contributed by atoms with Crippen LogP contribution in [0.2, 0.25) is 0 Å². The summed E-state index contributed by atoms with van der Waals surface area (Å²) in [4.78, 5) is 24.2. The zero-order chi connectivity index (χ0) is 20.1. The molecule has 152 valence electrons. The predicted molar refractivity (Wildman–Crippen MR) is 93.8 cm³/mol. The van der Waals surface area contributed by atoms with Crippen molar-refractivity contribution in [3.8, 4) is 0 Å². The average molecular weight is 392 g/mol. The maximum absolute atomic E-state index is 12.2. The first kappa shape index (κ1) is 19.2. The minimum absolute atomic E-state index is 0.0119. The number of carbonyl (C=O) groups excluding carboxylic acids is 1. The number of aliphatic hydroxyl groups is 2. The van der Waals surface area contributed by atoms with Gasteiger partial charge in [0, 0.05) is 12.0 Å². The van der Waals surface area contributed by atoms with Crippen molar-refractivity contribution in [2.24, 2.45) is 11.3 Å². The highest BCUT2D eigenvalue weighted by molar-refractivity contribution is 5.89. The monoisotopic (exact) mass is 392 g/mol. The molecule has 1 spiro atoms. The largest absolute Gasteiger partial charge is 0.478 e. The molecule has 0 aromatic carbocycles. The molecule has 3 fully saturated rings. The lowest BCUT2D eigenvalue weighted by Crippen LogP contribution is -2.52. The molecule has 2 saturated heterocycles. The van der Waals surface area contributed by atoms with Crippen molar-refractivity contribution >= 4 is 11.9 Å². The molecule has 0 radical (unpaired) electrons. The van der Waals surface area contributed by atoms with Gasteiger partial charge in [-0.1, -0.05) is 5.57 Å². The van der Waals surface area contributed by atoms with Crippen LogP contribution in [0.15, 0.2) is 34.2 Å². The highest BCUT2D eigenvalue weighted by atomic mass is 16.6. The number of hydrogen-bond donors (Lipinski definition) is 3. The topological polar surface area (TPSA) is 126 Å². The van der Waals surface area contributed by atoms with Crippen LogP contribution in [0.1, 0.15) is 50.7 Å². The third-order valence-corrected chi connectivity index (χ3v) is 6.54. The van der Waals surface area contributed by atoms with E-state index in [4.69, 9.17) is 13.9 Å². The highest BCUT2D eigenvalue weighted by Gasteiger charge is 2.70. The van der Waals surface area contributed by atoms with Gasteiger partial charge >= 0.3 is 11.9 Å². The number of cyclic esters (lactones) is 1. The molecule has 3 aliphatic rings. The zero-order valence-corrected chi connectivity index (χ0v) is 15.6. The van der Waals surface area contributed by atoms with Crippen molar-refractivity contribution in [1.29, 1.82) is 0 Å². The van der Waals surface area contributed by atoms with Gasteiger partial charge in [0.2, 0.25) is 0 Å². The number of rotatable bonds is 5. The van der Waals surface area contributed by atoms with Crippen molar-refractivity contribution in [3.05, 3.63) is 35.3 Å². The number of aliphatic carboxylic acids is 1. The Hall–Kier alpha value is -2.16. The summed E-state index contributed by atoms with van der Waals surface area (Å²) in [7, 11) is 0. The van der Waals surface area contributed by atoms with Gasteiger partial charge in [0.15, 0.2) is 5.79 Å². The molecule has 8 heteroatoms. The van der Waals surface area contributed by atoms with Gasteiger partial charge in [-0.05, 0) is 38.7 Å². The Balaban J connectivity index is 1.64. The Morgan fingerprint density at radius 3 is 2.89 bits per heavy atom. The summed E-state index contributed by atoms with van der Waals surface area (Å²) in [6.07, 6.45) is 2.87. The Bertz CT molecular complexity index is 812. The Labute approximate surface area is 161 Å². The van der Waals surface area contributed by atoms with Gasteiger partial charge in [-0.25, -0.2) is 4.79 Å². The molecule has 0 amide bonds. The number of carbonyl (C=O) groups is 2. The number of carboxylic acid groups (broad SMARTS) is 1. The van der Waals surface area contributed by atoms with Crippen molar-refractivity contribution in [3.63, 3.8) is 0 Å². The van der Waals surface area contributed by atoms with E-state index in [0.717, 1.165) is 0 Å². The quantitative estimate of drug-likeness (QED) is 0.512. The van der Waals surface area contributed by atoms with Gasteiger partial charge in [0.25, 0.3) is 0 Å². The Morgan fingerprint density at radius 2 is 2.21 bits per heavy atom. The average Bonchev–Trinajstić information content (AvgIpc) is 3.31. The molecule has 2 aliphatic heterocycles. The smallest absolute Gasteiger partial charge is 0.334 e. The van der Waals surface area contributed by atoms with Crippen LogP contribution in [0, 0.1) is 11.3 Å². The number of hydrogen-bond acceptors (Lipinski definition) is 7. The normalized spacial score (nSPS) is 36.3. The van der Waals surface area contributed by atoms with Gasteiger partial charge in [0.1, 0.15) is 6.61 Å². The number of carboxylic acids is 1. The molecule has 1 aliphatic carbocycles. The van der Waals surface area contributed by atoms with E-state index in [1.165, 1.54) is 12.5 Å². The van der Waals surface area contributed by atoms with Crippen LogP contribution in [0.4, 0.5) is 0 Å². The number of ether oxygens (including phenoxy) is 2.